The van der Waals surface area contributed by atoms with Gasteiger partial charge in [-0.3, -0.25) is 0 Å². The van der Waals surface area contributed by atoms with Crippen molar-refractivity contribution in [3.05, 3.63) is 0 Å². The smallest absolute Gasteiger partial charge is 0.374 e. The van der Waals surface area contributed by atoms with Gasteiger partial charge in [-0.15, -0.1) is 0 Å². The molecule has 0 unspecified atom stereocenters. The van der Waals surface area contributed by atoms with Gasteiger partial charge in [0.1, 0.15) is 0 Å². The molecule has 8 nitrogen and oxygen atoms in total. The molecule has 0 aliphatic rings. The zero-order valence-corrected chi connectivity index (χ0v) is 13.8. The number of hydrogen-bond acceptors (Lipinski definition) is 8. The van der Waals surface area contributed by atoms with Crippen LogP contribution in [0.3, 0.4) is 0 Å². The monoisotopic (exact) mass is 317 g/mol. The van der Waals surface area contributed by atoms with E-state index in [1.165, 1.54) is 0 Å². The van der Waals surface area contributed by atoms with E-state index in [9.17, 15) is 0 Å². The van der Waals surface area contributed by atoms with Crippen molar-refractivity contribution in [2.75, 3.05) is 26.4 Å². The van der Waals surface area contributed by atoms with Gasteiger partial charge in [-0.25, -0.2) is 0 Å². The molecule has 0 aromatic carbocycles. The Hall–Kier alpha value is 0.114. The van der Waals surface area contributed by atoms with E-state index in [4.69, 9.17) is 38.2 Å². The van der Waals surface area contributed by atoms with Crippen molar-refractivity contribution in [2.24, 2.45) is 5.73 Å². The molecular formula is C9H27NO7Si2. The summed E-state index contributed by atoms with van der Waals surface area (Å²) in [6, 6.07) is 0.818. The third kappa shape index (κ3) is 16.1. The second-order valence-corrected chi connectivity index (χ2v) is 7.41. The van der Waals surface area contributed by atoms with Crippen LogP contribution < -0.4 is 5.73 Å². The molecule has 0 aromatic rings. The van der Waals surface area contributed by atoms with E-state index in [2.05, 4.69) is 0 Å². The first-order valence-corrected chi connectivity index (χ1v) is 9.98. The van der Waals surface area contributed by atoms with Crippen LogP contribution in [0, 0.1) is 0 Å². The molecular weight excluding hydrogens is 290 g/mol. The highest BCUT2D eigenvalue weighted by Crippen LogP contribution is 2.17. The van der Waals surface area contributed by atoms with Crippen LogP contribution in [0.5, 0.6) is 0 Å². The fourth-order valence-electron chi connectivity index (χ4n) is 1.32. The van der Waals surface area contributed by atoms with Gasteiger partial charge in [-0.2, -0.15) is 0 Å². The van der Waals surface area contributed by atoms with E-state index >= 15 is 0 Å². The SMILES string of the molecule is CCO[Si](CCCN)(OCC)OCC.O[Si](O)(O)O. The van der Waals surface area contributed by atoms with E-state index in [1.54, 1.807) is 0 Å². The number of hydrogen-bond donors (Lipinski definition) is 5. The Labute approximate surface area is 116 Å². The van der Waals surface area contributed by atoms with Crippen molar-refractivity contribution >= 4 is 17.9 Å². The van der Waals surface area contributed by atoms with Crippen LogP contribution >= 0.6 is 0 Å². The van der Waals surface area contributed by atoms with Crippen molar-refractivity contribution in [3.8, 4) is 0 Å². The van der Waals surface area contributed by atoms with Crippen LogP contribution in [0.1, 0.15) is 27.2 Å². The van der Waals surface area contributed by atoms with E-state index in [0.717, 1.165) is 12.5 Å². The summed E-state index contributed by atoms with van der Waals surface area (Å²) in [6.45, 7) is 8.44. The number of nitrogens with two attached hydrogens (primary N) is 1. The highest BCUT2D eigenvalue weighted by atomic mass is 28.4. The quantitative estimate of drug-likeness (QED) is 0.334. The lowest BCUT2D eigenvalue weighted by Crippen LogP contribution is -2.46. The standard InChI is InChI=1S/C9H23NO3Si.H4O4Si/c1-4-11-14(12-5-2,13-6-3)9-7-8-10;1-5(2,3)4/h4-10H2,1-3H3;1-4H. The molecule has 0 radical (unpaired) electrons. The van der Waals surface area contributed by atoms with Gasteiger partial charge < -0.3 is 38.2 Å². The molecule has 0 amide bonds. The van der Waals surface area contributed by atoms with Crippen molar-refractivity contribution in [3.63, 3.8) is 0 Å². The maximum Gasteiger partial charge on any atom is 0.668 e. The van der Waals surface area contributed by atoms with Gasteiger partial charge in [0, 0.05) is 25.9 Å². The van der Waals surface area contributed by atoms with Gasteiger partial charge in [-0.05, 0) is 33.7 Å². The van der Waals surface area contributed by atoms with Crippen molar-refractivity contribution in [2.45, 2.75) is 33.2 Å². The van der Waals surface area contributed by atoms with E-state index in [0.29, 0.717) is 26.4 Å². The summed E-state index contributed by atoms with van der Waals surface area (Å²) in [7, 11) is -7.01. The topological polar surface area (TPSA) is 135 Å². The molecule has 0 atom stereocenters. The molecule has 0 bridgehead atoms. The molecule has 0 saturated heterocycles. The van der Waals surface area contributed by atoms with Gasteiger partial charge in [-0.1, -0.05) is 0 Å². The second kappa shape index (κ2) is 11.9. The molecule has 0 spiro atoms. The number of rotatable bonds is 9. The third-order valence-electron chi connectivity index (χ3n) is 1.78. The Morgan fingerprint density at radius 1 is 0.842 bits per heavy atom. The predicted molar refractivity (Wildman–Crippen MR) is 73.7 cm³/mol. The van der Waals surface area contributed by atoms with Gasteiger partial charge in [0.05, 0.1) is 0 Å². The summed E-state index contributed by atoms with van der Waals surface area (Å²) >= 11 is 0. The Morgan fingerprint density at radius 2 is 1.16 bits per heavy atom. The molecule has 0 fully saturated rings. The zero-order valence-electron chi connectivity index (χ0n) is 11.8. The summed E-state index contributed by atoms with van der Waals surface area (Å²) < 4.78 is 17.0. The van der Waals surface area contributed by atoms with Gasteiger partial charge in [0.25, 0.3) is 0 Å². The Balaban J connectivity index is 0. The van der Waals surface area contributed by atoms with Gasteiger partial charge in [0.2, 0.25) is 0 Å². The summed E-state index contributed by atoms with van der Waals surface area (Å²) in [4.78, 5) is 29.3. The minimum atomic E-state index is -4.61. The highest BCUT2D eigenvalue weighted by Gasteiger charge is 2.39. The maximum atomic E-state index is 7.33. The first-order chi connectivity index (χ1) is 8.74. The predicted octanol–water partition coefficient (Wildman–Crippen LogP) is -1.23. The summed E-state index contributed by atoms with van der Waals surface area (Å²) in [5.41, 5.74) is 5.48. The summed E-state index contributed by atoms with van der Waals surface area (Å²) in [5, 5.41) is 0. The molecule has 0 rings (SSSR count). The molecule has 0 heterocycles. The summed E-state index contributed by atoms with van der Waals surface area (Å²) in [5.74, 6) is 0. The van der Waals surface area contributed by atoms with Crippen molar-refractivity contribution < 1.29 is 32.5 Å². The zero-order chi connectivity index (χ0) is 15.4. The average molecular weight is 317 g/mol. The first-order valence-electron chi connectivity index (χ1n) is 6.26. The molecule has 0 saturated carbocycles. The van der Waals surface area contributed by atoms with Gasteiger partial charge >= 0.3 is 17.9 Å². The summed E-state index contributed by atoms with van der Waals surface area (Å²) in [6.07, 6.45) is 0.895. The van der Waals surface area contributed by atoms with Gasteiger partial charge in [0.15, 0.2) is 0 Å². The molecule has 118 valence electrons. The molecule has 0 aliphatic carbocycles. The van der Waals surface area contributed by atoms with Crippen molar-refractivity contribution in [1.82, 2.24) is 0 Å². The lowest BCUT2D eigenvalue weighted by atomic mass is 10.5. The van der Waals surface area contributed by atoms with Crippen LogP contribution in [-0.2, 0) is 13.3 Å². The highest BCUT2D eigenvalue weighted by molar-refractivity contribution is 6.60. The average Bonchev–Trinajstić information content (AvgIpc) is 2.25. The Morgan fingerprint density at radius 3 is 1.37 bits per heavy atom. The second-order valence-electron chi connectivity index (χ2n) is 3.47. The maximum absolute atomic E-state index is 7.33. The van der Waals surface area contributed by atoms with Crippen LogP contribution in [-0.4, -0.2) is 63.4 Å². The minimum Gasteiger partial charge on any atom is -0.374 e. The third-order valence-corrected chi connectivity index (χ3v) is 4.93. The van der Waals surface area contributed by atoms with Crippen LogP contribution in [0.4, 0.5) is 0 Å². The van der Waals surface area contributed by atoms with E-state index < -0.39 is 17.9 Å². The van der Waals surface area contributed by atoms with Crippen LogP contribution in [0.25, 0.3) is 0 Å². The molecule has 6 N–H and O–H groups in total. The molecule has 10 heteroatoms. The molecule has 0 aromatic heterocycles. The van der Waals surface area contributed by atoms with Crippen LogP contribution in [0.15, 0.2) is 0 Å². The normalized spacial score (nSPS) is 12.0. The van der Waals surface area contributed by atoms with Crippen LogP contribution in [0.2, 0.25) is 6.04 Å². The lowest BCUT2D eigenvalue weighted by Gasteiger charge is -2.28. The fourth-order valence-corrected chi connectivity index (χ4v) is 3.96. The molecule has 0 aliphatic heterocycles. The largest absolute Gasteiger partial charge is 0.668 e. The van der Waals surface area contributed by atoms with E-state index in [1.807, 2.05) is 20.8 Å². The first kappa shape index (κ1) is 21.4. The Kier molecular flexibility index (Phi) is 13.4. The van der Waals surface area contributed by atoms with E-state index in [-0.39, 0.29) is 0 Å². The molecule has 19 heavy (non-hydrogen) atoms. The van der Waals surface area contributed by atoms with Crippen molar-refractivity contribution in [1.29, 1.82) is 0 Å². The lowest BCUT2D eigenvalue weighted by molar-refractivity contribution is 0.0709. The fraction of sp³-hybridized carbons (Fsp3) is 1.00. The minimum absolute atomic E-state index is 0.636. The Bertz CT molecular complexity index is 180.